The van der Waals surface area contributed by atoms with Crippen molar-refractivity contribution >= 4 is 17.2 Å². The molecule has 1 aromatic carbocycles. The highest BCUT2D eigenvalue weighted by Gasteiger charge is 2.14. The standard InChI is InChI=1S/C22H20N6O3S/c1-14-20(32-22(24-14)15-6-4-3-5-7-15)16-8-11-19(30)28(26-16)13-12-23-21(31)17-9-10-18(29)27(2)25-17/h3-11H,12-13H2,1-2H3,(H,23,31). The maximum absolute atomic E-state index is 12.3. The Bertz CT molecular complexity index is 1390. The highest BCUT2D eigenvalue weighted by atomic mass is 32.1. The Morgan fingerprint density at radius 1 is 1.00 bits per heavy atom. The number of thiazole rings is 1. The largest absolute Gasteiger partial charge is 0.349 e. The fourth-order valence-electron chi connectivity index (χ4n) is 3.06. The third-order valence-corrected chi connectivity index (χ3v) is 5.95. The molecular formula is C22H20N6O3S. The molecule has 3 aromatic heterocycles. The molecule has 0 aliphatic carbocycles. The third-order valence-electron chi connectivity index (χ3n) is 4.72. The number of hydrogen-bond acceptors (Lipinski definition) is 7. The van der Waals surface area contributed by atoms with Gasteiger partial charge in [-0.3, -0.25) is 14.4 Å². The Morgan fingerprint density at radius 2 is 1.75 bits per heavy atom. The van der Waals surface area contributed by atoms with Gasteiger partial charge < -0.3 is 5.32 Å². The first-order chi connectivity index (χ1) is 15.4. The predicted octanol–water partition coefficient (Wildman–Crippen LogP) is 1.87. The number of carbonyl (C=O) groups excluding carboxylic acids is 1. The zero-order valence-electron chi connectivity index (χ0n) is 17.5. The first kappa shape index (κ1) is 21.3. The Morgan fingerprint density at radius 3 is 2.50 bits per heavy atom. The van der Waals surface area contributed by atoms with Gasteiger partial charge >= 0.3 is 0 Å². The summed E-state index contributed by atoms with van der Waals surface area (Å²) >= 11 is 1.51. The van der Waals surface area contributed by atoms with Gasteiger partial charge in [0.05, 0.1) is 17.1 Å². The summed E-state index contributed by atoms with van der Waals surface area (Å²) in [5.74, 6) is -0.435. The summed E-state index contributed by atoms with van der Waals surface area (Å²) in [7, 11) is 1.47. The Balaban J connectivity index is 1.49. The number of rotatable bonds is 6. The number of benzene rings is 1. The van der Waals surface area contributed by atoms with E-state index in [1.165, 1.54) is 41.3 Å². The Kier molecular flexibility index (Phi) is 6.04. The smallest absolute Gasteiger partial charge is 0.271 e. The Labute approximate surface area is 187 Å². The van der Waals surface area contributed by atoms with Crippen LogP contribution in [-0.2, 0) is 13.6 Å². The van der Waals surface area contributed by atoms with Crippen molar-refractivity contribution in [2.45, 2.75) is 13.5 Å². The number of nitrogens with zero attached hydrogens (tertiary/aromatic N) is 5. The SMILES string of the molecule is Cc1nc(-c2ccccc2)sc1-c1ccc(=O)n(CCNC(=O)c2ccc(=O)n(C)n2)n1. The molecule has 10 heteroatoms. The van der Waals surface area contributed by atoms with Crippen molar-refractivity contribution in [2.75, 3.05) is 6.54 Å². The molecule has 0 fully saturated rings. The summed E-state index contributed by atoms with van der Waals surface area (Å²) in [5.41, 5.74) is 2.05. The second-order valence-electron chi connectivity index (χ2n) is 7.02. The fourth-order valence-corrected chi connectivity index (χ4v) is 4.09. The van der Waals surface area contributed by atoms with E-state index in [0.717, 1.165) is 25.8 Å². The monoisotopic (exact) mass is 448 g/mol. The molecule has 0 aliphatic heterocycles. The molecule has 0 atom stereocenters. The molecule has 9 nitrogen and oxygen atoms in total. The number of aryl methyl sites for hydroxylation is 2. The van der Waals surface area contributed by atoms with Crippen molar-refractivity contribution in [3.05, 3.63) is 86.7 Å². The van der Waals surface area contributed by atoms with Crippen molar-refractivity contribution in [2.24, 2.45) is 7.05 Å². The van der Waals surface area contributed by atoms with Crippen LogP contribution in [0.15, 0.2) is 64.2 Å². The van der Waals surface area contributed by atoms with Crippen LogP contribution < -0.4 is 16.4 Å². The van der Waals surface area contributed by atoms with Crippen LogP contribution in [0.4, 0.5) is 0 Å². The van der Waals surface area contributed by atoms with Gasteiger partial charge in [-0.05, 0) is 19.1 Å². The summed E-state index contributed by atoms with van der Waals surface area (Å²) in [6.07, 6.45) is 0. The molecule has 0 spiro atoms. The molecule has 0 unspecified atom stereocenters. The summed E-state index contributed by atoms with van der Waals surface area (Å²) in [5, 5.41) is 12.0. The average Bonchev–Trinajstić information content (AvgIpc) is 3.19. The van der Waals surface area contributed by atoms with Crippen molar-refractivity contribution in [1.29, 1.82) is 0 Å². The average molecular weight is 449 g/mol. The number of carbonyl (C=O) groups is 1. The van der Waals surface area contributed by atoms with E-state index in [2.05, 4.69) is 20.5 Å². The topological polar surface area (TPSA) is 112 Å². The second-order valence-corrected chi connectivity index (χ2v) is 8.01. The highest BCUT2D eigenvalue weighted by molar-refractivity contribution is 7.18. The van der Waals surface area contributed by atoms with Gasteiger partial charge in [0.25, 0.3) is 17.0 Å². The molecule has 1 N–H and O–H groups in total. The van der Waals surface area contributed by atoms with E-state index in [9.17, 15) is 14.4 Å². The van der Waals surface area contributed by atoms with E-state index in [4.69, 9.17) is 0 Å². The summed E-state index contributed by atoms with van der Waals surface area (Å²) in [4.78, 5) is 41.5. The summed E-state index contributed by atoms with van der Waals surface area (Å²) in [6.45, 7) is 2.28. The lowest BCUT2D eigenvalue weighted by molar-refractivity contribution is 0.0944. The maximum atomic E-state index is 12.3. The van der Waals surface area contributed by atoms with Gasteiger partial charge in [-0.2, -0.15) is 10.2 Å². The van der Waals surface area contributed by atoms with Crippen LogP contribution in [0.1, 0.15) is 16.2 Å². The maximum Gasteiger partial charge on any atom is 0.271 e. The first-order valence-electron chi connectivity index (χ1n) is 9.86. The predicted molar refractivity (Wildman–Crippen MR) is 122 cm³/mol. The van der Waals surface area contributed by atoms with Crippen LogP contribution >= 0.6 is 11.3 Å². The van der Waals surface area contributed by atoms with Crippen LogP contribution in [0.5, 0.6) is 0 Å². The molecular weight excluding hydrogens is 428 g/mol. The minimum absolute atomic E-state index is 0.120. The quantitative estimate of drug-likeness (QED) is 0.482. The van der Waals surface area contributed by atoms with Crippen LogP contribution in [-0.4, -0.2) is 37.0 Å². The minimum atomic E-state index is -0.435. The number of hydrogen-bond donors (Lipinski definition) is 1. The van der Waals surface area contributed by atoms with Crippen LogP contribution in [0.3, 0.4) is 0 Å². The second kappa shape index (κ2) is 9.06. The van der Waals surface area contributed by atoms with Gasteiger partial charge in [-0.15, -0.1) is 11.3 Å². The van der Waals surface area contributed by atoms with Gasteiger partial charge in [0.15, 0.2) is 0 Å². The van der Waals surface area contributed by atoms with Gasteiger partial charge in [0.2, 0.25) is 0 Å². The van der Waals surface area contributed by atoms with Crippen LogP contribution in [0, 0.1) is 6.92 Å². The molecule has 0 bridgehead atoms. The Hall–Kier alpha value is -3.92. The molecule has 3 heterocycles. The molecule has 4 aromatic rings. The van der Waals surface area contributed by atoms with E-state index in [1.54, 1.807) is 6.07 Å². The van der Waals surface area contributed by atoms with Crippen LogP contribution in [0.2, 0.25) is 0 Å². The molecule has 1 amide bonds. The lowest BCUT2D eigenvalue weighted by atomic mass is 10.2. The zero-order valence-corrected chi connectivity index (χ0v) is 18.3. The van der Waals surface area contributed by atoms with E-state index in [-0.39, 0.29) is 29.9 Å². The number of amides is 1. The van der Waals surface area contributed by atoms with E-state index < -0.39 is 5.91 Å². The molecule has 0 aliphatic rings. The lowest BCUT2D eigenvalue weighted by Crippen LogP contribution is -2.33. The minimum Gasteiger partial charge on any atom is -0.349 e. The normalized spacial score (nSPS) is 10.8. The lowest BCUT2D eigenvalue weighted by Gasteiger charge is -2.08. The van der Waals surface area contributed by atoms with Crippen molar-refractivity contribution in [3.63, 3.8) is 0 Å². The third kappa shape index (κ3) is 4.54. The van der Waals surface area contributed by atoms with Crippen molar-refractivity contribution < 1.29 is 4.79 Å². The van der Waals surface area contributed by atoms with E-state index in [0.29, 0.717) is 5.69 Å². The van der Waals surface area contributed by atoms with Gasteiger partial charge in [0, 0.05) is 31.3 Å². The van der Waals surface area contributed by atoms with Gasteiger partial charge in [-0.1, -0.05) is 30.3 Å². The summed E-state index contributed by atoms with van der Waals surface area (Å²) in [6, 6.07) is 15.7. The fraction of sp³-hybridized carbons (Fsp3) is 0.182. The number of aromatic nitrogens is 5. The zero-order chi connectivity index (χ0) is 22.7. The van der Waals surface area contributed by atoms with Crippen molar-refractivity contribution in [1.82, 2.24) is 29.9 Å². The molecule has 0 radical (unpaired) electrons. The van der Waals surface area contributed by atoms with Crippen LogP contribution in [0.25, 0.3) is 21.1 Å². The summed E-state index contributed by atoms with van der Waals surface area (Å²) < 4.78 is 2.40. The molecule has 0 saturated heterocycles. The highest BCUT2D eigenvalue weighted by Crippen LogP contribution is 2.33. The van der Waals surface area contributed by atoms with Gasteiger partial charge in [0.1, 0.15) is 16.4 Å². The first-order valence-corrected chi connectivity index (χ1v) is 10.7. The number of nitrogens with one attached hydrogen (secondary N) is 1. The van der Waals surface area contributed by atoms with Gasteiger partial charge in [-0.25, -0.2) is 14.3 Å². The van der Waals surface area contributed by atoms with E-state index in [1.807, 2.05) is 37.3 Å². The van der Waals surface area contributed by atoms with E-state index >= 15 is 0 Å². The molecule has 32 heavy (non-hydrogen) atoms. The molecule has 0 saturated carbocycles. The molecule has 4 rings (SSSR count). The van der Waals surface area contributed by atoms with Crippen molar-refractivity contribution in [3.8, 4) is 21.1 Å². The molecule has 162 valence electrons.